The third-order valence-electron chi connectivity index (χ3n) is 7.33. The van der Waals surface area contributed by atoms with Crippen LogP contribution >= 0.6 is 0 Å². The Hall–Kier alpha value is -3.62. The third kappa shape index (κ3) is 6.92. The number of hydrogen-bond acceptors (Lipinski definition) is 7. The Morgan fingerprint density at radius 2 is 1.77 bits per heavy atom. The molecule has 8 nitrogen and oxygen atoms in total. The molecule has 2 aliphatic rings. The highest BCUT2D eigenvalue weighted by Crippen LogP contribution is 2.40. The van der Waals surface area contributed by atoms with Gasteiger partial charge in [0.2, 0.25) is 0 Å². The van der Waals surface area contributed by atoms with Crippen LogP contribution in [0.5, 0.6) is 11.5 Å². The van der Waals surface area contributed by atoms with E-state index >= 15 is 0 Å². The van der Waals surface area contributed by atoms with E-state index in [1.54, 1.807) is 29.2 Å². The zero-order chi connectivity index (χ0) is 28.5. The molecular weight excluding hydrogens is 508 g/mol. The molecule has 40 heavy (non-hydrogen) atoms. The Morgan fingerprint density at radius 1 is 1.05 bits per heavy atom. The number of ketones is 1. The lowest BCUT2D eigenvalue weighted by Gasteiger charge is -2.31. The van der Waals surface area contributed by atoms with Crippen molar-refractivity contribution >= 4 is 17.4 Å². The number of morpholine rings is 1. The number of amides is 1. The van der Waals surface area contributed by atoms with Crippen LogP contribution in [0.3, 0.4) is 0 Å². The quantitative estimate of drug-likeness (QED) is 0.125. The number of carbonyl (C=O) groups excluding carboxylic acids is 2. The second-order valence-corrected chi connectivity index (χ2v) is 10.1. The van der Waals surface area contributed by atoms with Gasteiger partial charge in [0.1, 0.15) is 23.9 Å². The fourth-order valence-electron chi connectivity index (χ4n) is 5.11. The number of aryl methyl sites for hydroxylation is 1. The Kier molecular flexibility index (Phi) is 10.4. The van der Waals surface area contributed by atoms with Gasteiger partial charge < -0.3 is 24.2 Å². The minimum absolute atomic E-state index is 0.0893. The standard InChI is InChI=1S/C32H40N2O6/c1-4-6-7-19-40-25-10-8-24(9-11-25)29-28(30(35)27-13-12-26(22-23(27)3)39-18-5-2)31(36)32(37)34(29)15-14-33-16-20-38-21-17-33/h5,8-13,22,29,35H,2,4,6-7,14-21H2,1,3H3/b30-28+. The number of likely N-dealkylation sites (tertiary alicyclic amines) is 1. The maximum atomic E-state index is 13.5. The second-order valence-electron chi connectivity index (χ2n) is 10.1. The molecule has 2 aromatic carbocycles. The minimum atomic E-state index is -0.716. The number of Topliss-reactive ketones (excluding diaryl/α,β-unsaturated/α-hetero) is 1. The smallest absolute Gasteiger partial charge is 0.295 e. The summed E-state index contributed by atoms with van der Waals surface area (Å²) in [6.07, 6.45) is 4.87. The fraction of sp³-hybridized carbons (Fsp3) is 0.438. The first-order valence-electron chi connectivity index (χ1n) is 14.1. The van der Waals surface area contributed by atoms with E-state index in [0.29, 0.717) is 50.8 Å². The first kappa shape index (κ1) is 29.4. The number of ether oxygens (including phenoxy) is 3. The molecule has 1 amide bonds. The van der Waals surface area contributed by atoms with Gasteiger partial charge in [-0.1, -0.05) is 44.6 Å². The topological polar surface area (TPSA) is 88.5 Å². The Bertz CT molecular complexity index is 1220. The normalized spacial score (nSPS) is 19.1. The van der Waals surface area contributed by atoms with Gasteiger partial charge in [0.05, 0.1) is 31.4 Å². The van der Waals surface area contributed by atoms with Crippen LogP contribution in [0.1, 0.15) is 48.9 Å². The van der Waals surface area contributed by atoms with E-state index in [1.165, 1.54) is 0 Å². The predicted molar refractivity (Wildman–Crippen MR) is 155 cm³/mol. The highest BCUT2D eigenvalue weighted by atomic mass is 16.5. The summed E-state index contributed by atoms with van der Waals surface area (Å²) in [5, 5.41) is 11.5. The summed E-state index contributed by atoms with van der Waals surface area (Å²) in [6.45, 7) is 12.5. The first-order valence-corrected chi connectivity index (χ1v) is 14.1. The molecule has 2 aliphatic heterocycles. The number of aliphatic hydroxyl groups is 1. The predicted octanol–water partition coefficient (Wildman–Crippen LogP) is 4.88. The Morgan fingerprint density at radius 3 is 2.45 bits per heavy atom. The van der Waals surface area contributed by atoms with E-state index in [9.17, 15) is 14.7 Å². The van der Waals surface area contributed by atoms with Crippen molar-refractivity contribution in [1.82, 2.24) is 9.80 Å². The van der Waals surface area contributed by atoms with Gasteiger partial charge in [0.25, 0.3) is 11.7 Å². The molecule has 1 atom stereocenters. The molecule has 2 heterocycles. The maximum absolute atomic E-state index is 13.5. The number of unbranched alkanes of at least 4 members (excludes halogenated alkanes) is 2. The molecule has 2 fully saturated rings. The molecule has 214 valence electrons. The summed E-state index contributed by atoms with van der Waals surface area (Å²) in [7, 11) is 0. The molecule has 2 aromatic rings. The van der Waals surface area contributed by atoms with Crippen molar-refractivity contribution in [2.24, 2.45) is 0 Å². The number of aliphatic hydroxyl groups excluding tert-OH is 1. The zero-order valence-corrected chi connectivity index (χ0v) is 23.6. The van der Waals surface area contributed by atoms with Gasteiger partial charge in [-0.2, -0.15) is 0 Å². The van der Waals surface area contributed by atoms with E-state index in [2.05, 4.69) is 18.4 Å². The van der Waals surface area contributed by atoms with Gasteiger partial charge in [-0.3, -0.25) is 14.5 Å². The molecular formula is C32H40N2O6. The fourth-order valence-corrected chi connectivity index (χ4v) is 5.11. The van der Waals surface area contributed by atoms with Crippen molar-refractivity contribution in [2.45, 2.75) is 39.2 Å². The molecule has 1 N–H and O–H groups in total. The average Bonchev–Trinajstić information content (AvgIpc) is 3.23. The molecule has 0 radical (unpaired) electrons. The largest absolute Gasteiger partial charge is 0.507 e. The average molecular weight is 549 g/mol. The monoisotopic (exact) mass is 548 g/mol. The van der Waals surface area contributed by atoms with E-state index in [-0.39, 0.29) is 11.3 Å². The maximum Gasteiger partial charge on any atom is 0.295 e. The summed E-state index contributed by atoms with van der Waals surface area (Å²) in [5.74, 6) is -0.119. The van der Waals surface area contributed by atoms with Gasteiger partial charge in [-0.05, 0) is 54.8 Å². The van der Waals surface area contributed by atoms with Crippen LogP contribution in [0.2, 0.25) is 0 Å². The van der Waals surface area contributed by atoms with Crippen LogP contribution < -0.4 is 9.47 Å². The van der Waals surface area contributed by atoms with Crippen LogP contribution in [0.25, 0.3) is 5.76 Å². The minimum Gasteiger partial charge on any atom is -0.507 e. The molecule has 1 unspecified atom stereocenters. The number of rotatable bonds is 13. The second kappa shape index (κ2) is 14.1. The van der Waals surface area contributed by atoms with Gasteiger partial charge in [0.15, 0.2) is 0 Å². The molecule has 0 aromatic heterocycles. The van der Waals surface area contributed by atoms with Gasteiger partial charge in [-0.15, -0.1) is 0 Å². The summed E-state index contributed by atoms with van der Waals surface area (Å²) < 4.78 is 16.9. The number of nitrogens with zero attached hydrogens (tertiary/aromatic N) is 2. The summed E-state index contributed by atoms with van der Waals surface area (Å²) in [4.78, 5) is 30.6. The zero-order valence-electron chi connectivity index (χ0n) is 23.6. The molecule has 8 heteroatoms. The summed E-state index contributed by atoms with van der Waals surface area (Å²) in [6, 6.07) is 12.0. The number of carbonyl (C=O) groups is 2. The van der Waals surface area contributed by atoms with Gasteiger partial charge >= 0.3 is 0 Å². The highest BCUT2D eigenvalue weighted by Gasteiger charge is 2.46. The summed E-state index contributed by atoms with van der Waals surface area (Å²) >= 11 is 0. The van der Waals surface area contributed by atoms with Crippen LogP contribution in [-0.4, -0.2) is 79.2 Å². The lowest BCUT2D eigenvalue weighted by molar-refractivity contribution is -0.140. The van der Waals surface area contributed by atoms with Crippen molar-refractivity contribution in [2.75, 3.05) is 52.6 Å². The molecule has 0 bridgehead atoms. The van der Waals surface area contributed by atoms with E-state index in [1.807, 2.05) is 31.2 Å². The van der Waals surface area contributed by atoms with Crippen molar-refractivity contribution in [3.63, 3.8) is 0 Å². The van der Waals surface area contributed by atoms with Gasteiger partial charge in [0, 0.05) is 31.7 Å². The van der Waals surface area contributed by atoms with Crippen LogP contribution in [-0.2, 0) is 14.3 Å². The molecule has 0 saturated carbocycles. The van der Waals surface area contributed by atoms with Crippen molar-refractivity contribution in [3.05, 3.63) is 77.4 Å². The Balaban J connectivity index is 1.67. The molecule has 4 rings (SSSR count). The first-order chi connectivity index (χ1) is 19.4. The Labute approximate surface area is 236 Å². The van der Waals surface area contributed by atoms with E-state index in [0.717, 1.165) is 49.2 Å². The van der Waals surface area contributed by atoms with Crippen LogP contribution in [0.15, 0.2) is 60.7 Å². The third-order valence-corrected chi connectivity index (χ3v) is 7.33. The molecule has 0 aliphatic carbocycles. The van der Waals surface area contributed by atoms with Gasteiger partial charge in [-0.25, -0.2) is 0 Å². The molecule has 0 spiro atoms. The van der Waals surface area contributed by atoms with Crippen LogP contribution in [0.4, 0.5) is 0 Å². The van der Waals surface area contributed by atoms with Crippen molar-refractivity contribution in [1.29, 1.82) is 0 Å². The number of benzene rings is 2. The lowest BCUT2D eigenvalue weighted by Crippen LogP contribution is -2.42. The SMILES string of the molecule is C=CCOc1ccc(/C(O)=C2\C(=O)C(=O)N(CCN3CCOCC3)C2c2ccc(OCCCCC)cc2)c(C)c1. The highest BCUT2D eigenvalue weighted by molar-refractivity contribution is 6.46. The van der Waals surface area contributed by atoms with E-state index < -0.39 is 17.7 Å². The lowest BCUT2D eigenvalue weighted by atomic mass is 9.94. The number of hydrogen-bond donors (Lipinski definition) is 1. The van der Waals surface area contributed by atoms with Crippen molar-refractivity contribution in [3.8, 4) is 11.5 Å². The summed E-state index contributed by atoms with van der Waals surface area (Å²) in [5.41, 5.74) is 2.05. The van der Waals surface area contributed by atoms with Crippen molar-refractivity contribution < 1.29 is 28.9 Å². The molecule has 2 saturated heterocycles. The van der Waals surface area contributed by atoms with E-state index in [4.69, 9.17) is 14.2 Å². The van der Waals surface area contributed by atoms with Crippen LogP contribution in [0, 0.1) is 6.92 Å².